The molecule has 2 aromatic heterocycles. The molecule has 188 valence electrons. The monoisotopic (exact) mass is 503 g/mol. The molecular weight excluding hydrogens is 470 g/mol. The number of rotatable bonds is 7. The number of aromatic nitrogens is 2. The van der Waals surface area contributed by atoms with Crippen molar-refractivity contribution in [1.29, 1.82) is 0 Å². The molecule has 1 fully saturated rings. The van der Waals surface area contributed by atoms with Gasteiger partial charge in [0.25, 0.3) is 5.56 Å². The van der Waals surface area contributed by atoms with Gasteiger partial charge in [0, 0.05) is 23.1 Å². The third-order valence-corrected chi connectivity index (χ3v) is 8.39. The molecule has 0 radical (unpaired) electrons. The first-order chi connectivity index (χ1) is 17.5. The van der Waals surface area contributed by atoms with Gasteiger partial charge in [0.2, 0.25) is 0 Å². The van der Waals surface area contributed by atoms with Crippen LogP contribution in [0.2, 0.25) is 0 Å². The number of methoxy groups -OCH3 is 2. The van der Waals surface area contributed by atoms with Gasteiger partial charge in [0.05, 0.1) is 30.0 Å². The highest BCUT2D eigenvalue weighted by atomic mass is 32.1. The Morgan fingerprint density at radius 3 is 2.61 bits per heavy atom. The summed E-state index contributed by atoms with van der Waals surface area (Å²) < 4.78 is 12.9. The summed E-state index contributed by atoms with van der Waals surface area (Å²) in [4.78, 5) is 20.9. The summed E-state index contributed by atoms with van der Waals surface area (Å²) in [5, 5.41) is 0.679. The fourth-order valence-corrected chi connectivity index (χ4v) is 6.37. The van der Waals surface area contributed by atoms with Crippen LogP contribution in [0, 0.1) is 18.8 Å². The van der Waals surface area contributed by atoms with E-state index < -0.39 is 0 Å². The molecule has 5 rings (SSSR count). The van der Waals surface area contributed by atoms with Crippen molar-refractivity contribution >= 4 is 22.2 Å². The zero-order chi connectivity index (χ0) is 25.2. The smallest absolute Gasteiger partial charge is 0.261 e. The molecule has 1 saturated carbocycles. The summed E-state index contributed by atoms with van der Waals surface area (Å²) in [6, 6.07) is 15.9. The normalized spacial score (nSPS) is 17.9. The second-order valence-electron chi connectivity index (χ2n) is 9.74. The number of ether oxygens (including phenoxy) is 2. The molecule has 0 bridgehead atoms. The van der Waals surface area contributed by atoms with Crippen LogP contribution >= 0.6 is 11.3 Å². The van der Waals surface area contributed by atoms with Crippen LogP contribution in [0.4, 0.5) is 0 Å². The van der Waals surface area contributed by atoms with Crippen LogP contribution < -0.4 is 20.8 Å². The molecule has 6 nitrogen and oxygen atoms in total. The lowest BCUT2D eigenvalue weighted by Gasteiger charge is -2.29. The van der Waals surface area contributed by atoms with Crippen molar-refractivity contribution in [3.63, 3.8) is 0 Å². The summed E-state index contributed by atoms with van der Waals surface area (Å²) in [7, 11) is 3.31. The van der Waals surface area contributed by atoms with Gasteiger partial charge in [0.15, 0.2) is 5.82 Å². The Bertz CT molecular complexity index is 1440. The van der Waals surface area contributed by atoms with Gasteiger partial charge >= 0.3 is 0 Å². The summed E-state index contributed by atoms with van der Waals surface area (Å²) in [6.45, 7) is 3.39. The van der Waals surface area contributed by atoms with Gasteiger partial charge in [0.1, 0.15) is 11.5 Å². The van der Waals surface area contributed by atoms with Crippen molar-refractivity contribution in [2.75, 3.05) is 20.8 Å². The Morgan fingerprint density at radius 2 is 1.83 bits per heavy atom. The molecule has 0 spiro atoms. The Balaban J connectivity index is 1.60. The van der Waals surface area contributed by atoms with E-state index >= 15 is 0 Å². The number of nitrogens with zero attached hydrogens (tertiary/aromatic N) is 2. The Morgan fingerprint density at radius 1 is 1.03 bits per heavy atom. The van der Waals surface area contributed by atoms with Crippen LogP contribution in [0.3, 0.4) is 0 Å². The van der Waals surface area contributed by atoms with E-state index in [0.717, 1.165) is 63.0 Å². The maximum absolute atomic E-state index is 13.8. The second kappa shape index (κ2) is 10.4. The van der Waals surface area contributed by atoms with Gasteiger partial charge in [-0.05, 0) is 81.0 Å². The predicted molar refractivity (Wildman–Crippen MR) is 147 cm³/mol. The van der Waals surface area contributed by atoms with Crippen LogP contribution in [0.15, 0.2) is 53.3 Å². The first-order valence-electron chi connectivity index (χ1n) is 12.5. The van der Waals surface area contributed by atoms with Gasteiger partial charge in [-0.15, -0.1) is 11.3 Å². The molecule has 2 aromatic carbocycles. The molecule has 1 aliphatic carbocycles. The van der Waals surface area contributed by atoms with Crippen molar-refractivity contribution in [3.05, 3.63) is 64.4 Å². The fourth-order valence-electron chi connectivity index (χ4n) is 5.34. The first-order valence-corrected chi connectivity index (χ1v) is 13.4. The first kappa shape index (κ1) is 24.5. The minimum absolute atomic E-state index is 0.0329. The minimum Gasteiger partial charge on any atom is -0.497 e. The molecule has 0 aliphatic heterocycles. The molecule has 2 heterocycles. The SMILES string of the molecule is COc1ccc(-c2ccc(-c3nc4ccc(C)cc4c(=O)n3CC3CCCC(CN)C3)s2)c(OC)c1. The zero-order valence-corrected chi connectivity index (χ0v) is 21.9. The molecular formula is C29H33N3O3S. The Hall–Kier alpha value is -3.16. The van der Waals surface area contributed by atoms with Gasteiger partial charge in [-0.25, -0.2) is 4.98 Å². The van der Waals surface area contributed by atoms with Gasteiger partial charge in [-0.1, -0.05) is 18.1 Å². The van der Waals surface area contributed by atoms with E-state index in [1.807, 2.05) is 47.9 Å². The number of thiophene rings is 1. The third kappa shape index (κ3) is 4.77. The predicted octanol–water partition coefficient (Wildman–Crippen LogP) is 5.88. The molecule has 1 aliphatic rings. The van der Waals surface area contributed by atoms with Crippen molar-refractivity contribution in [1.82, 2.24) is 9.55 Å². The molecule has 2 atom stereocenters. The van der Waals surface area contributed by atoms with Crippen LogP contribution in [-0.4, -0.2) is 30.3 Å². The minimum atomic E-state index is 0.0329. The van der Waals surface area contributed by atoms with Crippen molar-refractivity contribution in [2.45, 2.75) is 39.2 Å². The van der Waals surface area contributed by atoms with E-state index in [9.17, 15) is 4.79 Å². The summed E-state index contributed by atoms with van der Waals surface area (Å²) in [6.07, 6.45) is 4.53. The van der Waals surface area contributed by atoms with Gasteiger partial charge in [-0.2, -0.15) is 0 Å². The van der Waals surface area contributed by atoms with Crippen molar-refractivity contribution < 1.29 is 9.47 Å². The second-order valence-corrected chi connectivity index (χ2v) is 10.8. The molecule has 0 saturated heterocycles. The van der Waals surface area contributed by atoms with Crippen molar-refractivity contribution in [3.8, 4) is 32.6 Å². The van der Waals surface area contributed by atoms with Crippen LogP contribution in [-0.2, 0) is 6.54 Å². The van der Waals surface area contributed by atoms with E-state index in [4.69, 9.17) is 20.2 Å². The Labute approximate surface area is 215 Å². The van der Waals surface area contributed by atoms with Gasteiger partial charge in [-0.3, -0.25) is 9.36 Å². The number of aryl methyl sites for hydroxylation is 1. The van der Waals surface area contributed by atoms with E-state index in [-0.39, 0.29) is 5.56 Å². The lowest BCUT2D eigenvalue weighted by molar-refractivity contribution is 0.246. The maximum Gasteiger partial charge on any atom is 0.261 e. The zero-order valence-electron chi connectivity index (χ0n) is 21.1. The molecule has 4 aromatic rings. The summed E-state index contributed by atoms with van der Waals surface area (Å²) >= 11 is 1.62. The average molecular weight is 504 g/mol. The van der Waals surface area contributed by atoms with E-state index in [1.165, 1.54) is 6.42 Å². The van der Waals surface area contributed by atoms with E-state index in [0.29, 0.717) is 30.3 Å². The van der Waals surface area contributed by atoms with E-state index in [1.54, 1.807) is 25.6 Å². The highest BCUT2D eigenvalue weighted by Gasteiger charge is 2.24. The number of nitrogens with two attached hydrogens (primary N) is 1. The molecule has 0 amide bonds. The van der Waals surface area contributed by atoms with E-state index in [2.05, 4.69) is 12.1 Å². The number of benzene rings is 2. The fraction of sp³-hybridized carbons (Fsp3) is 0.379. The Kier molecular flexibility index (Phi) is 7.12. The largest absolute Gasteiger partial charge is 0.497 e. The van der Waals surface area contributed by atoms with Crippen LogP contribution in [0.1, 0.15) is 31.2 Å². The van der Waals surface area contributed by atoms with Gasteiger partial charge < -0.3 is 15.2 Å². The van der Waals surface area contributed by atoms with Crippen molar-refractivity contribution in [2.24, 2.45) is 17.6 Å². The third-order valence-electron chi connectivity index (χ3n) is 7.28. The molecule has 7 heteroatoms. The quantitative estimate of drug-likeness (QED) is 0.341. The lowest BCUT2D eigenvalue weighted by Crippen LogP contribution is -2.30. The summed E-state index contributed by atoms with van der Waals surface area (Å²) in [5.41, 5.74) is 8.82. The molecule has 2 unspecified atom stereocenters. The highest BCUT2D eigenvalue weighted by Crippen LogP contribution is 2.40. The molecule has 36 heavy (non-hydrogen) atoms. The van der Waals surface area contributed by atoms with Crippen LogP contribution in [0.25, 0.3) is 32.0 Å². The average Bonchev–Trinajstić information content (AvgIpc) is 3.40. The topological polar surface area (TPSA) is 79.4 Å². The van der Waals surface area contributed by atoms with Crippen LogP contribution in [0.5, 0.6) is 11.5 Å². The standard InChI is InChI=1S/C29H33N3O3S/c1-18-7-10-24-23(13-18)29(33)32(17-20-6-4-5-19(14-20)16-30)28(31-24)27-12-11-26(36-27)22-9-8-21(34-2)15-25(22)35-3/h7-13,15,19-20H,4-6,14,16-17,30H2,1-3H3. The lowest BCUT2D eigenvalue weighted by atomic mass is 9.81. The summed E-state index contributed by atoms with van der Waals surface area (Å²) in [5.74, 6) is 3.19. The number of hydrogen-bond acceptors (Lipinski definition) is 6. The number of fused-ring (bicyclic) bond motifs is 1. The maximum atomic E-state index is 13.8. The molecule has 2 N–H and O–H groups in total. The number of hydrogen-bond donors (Lipinski definition) is 1. The highest BCUT2D eigenvalue weighted by molar-refractivity contribution is 7.18.